The third-order valence-electron chi connectivity index (χ3n) is 9.25. The molecule has 5 nitrogen and oxygen atoms in total. The van der Waals surface area contributed by atoms with Crippen LogP contribution in [0.4, 0.5) is 0 Å². The topological polar surface area (TPSA) is 65.0 Å². The van der Waals surface area contributed by atoms with Crippen LogP contribution in [-0.2, 0) is 19.0 Å². The lowest BCUT2D eigenvalue weighted by Gasteiger charge is -2.41. The summed E-state index contributed by atoms with van der Waals surface area (Å²) in [5.41, 5.74) is -0.0752. The molecule has 3 rings (SSSR count). The molecule has 3 saturated carbocycles. The lowest BCUT2D eigenvalue weighted by atomic mass is 9.98. The first-order valence-electron chi connectivity index (χ1n) is 17.1. The Kier molecular flexibility index (Phi) is 16.1. The Hall–Kier alpha value is -0.910. The van der Waals surface area contributed by atoms with Crippen molar-refractivity contribution in [1.29, 1.82) is 0 Å². The minimum Gasteiger partial charge on any atom is -0.478 e. The molecule has 39 heavy (non-hydrogen) atoms. The van der Waals surface area contributed by atoms with Gasteiger partial charge in [0, 0.05) is 0 Å². The zero-order valence-corrected chi connectivity index (χ0v) is 25.1. The zero-order chi connectivity index (χ0) is 27.6. The van der Waals surface area contributed by atoms with Crippen molar-refractivity contribution in [2.45, 2.75) is 198 Å². The Morgan fingerprint density at radius 1 is 0.462 bits per heavy atom. The smallest absolute Gasteiger partial charge is 0.339 e. The van der Waals surface area contributed by atoms with Crippen molar-refractivity contribution in [3.63, 3.8) is 0 Å². The van der Waals surface area contributed by atoms with E-state index in [2.05, 4.69) is 6.58 Å². The minimum absolute atomic E-state index is 0.0710. The molecular formula is C34H60O5. The average molecular weight is 549 g/mol. The lowest BCUT2D eigenvalue weighted by Crippen LogP contribution is -2.50. The van der Waals surface area contributed by atoms with Gasteiger partial charge in [0.1, 0.15) is 5.57 Å². The third-order valence-corrected chi connectivity index (χ3v) is 9.25. The number of hydrogen-bond donors (Lipinski definition) is 1. The molecule has 0 amide bonds. The maximum Gasteiger partial charge on any atom is 0.339 e. The van der Waals surface area contributed by atoms with Gasteiger partial charge in [0.2, 0.25) is 0 Å². The van der Waals surface area contributed by atoms with Gasteiger partial charge in [-0.25, -0.2) is 4.79 Å². The summed E-state index contributed by atoms with van der Waals surface area (Å²) in [6.07, 6.45) is 30.8. The monoisotopic (exact) mass is 548 g/mol. The molecule has 0 bridgehead atoms. The molecular weight excluding hydrogens is 488 g/mol. The molecule has 1 N–H and O–H groups in total. The van der Waals surface area contributed by atoms with Crippen LogP contribution in [-0.4, -0.2) is 35.4 Å². The number of rotatable bonds is 8. The first-order valence-corrected chi connectivity index (χ1v) is 17.1. The van der Waals surface area contributed by atoms with E-state index in [-0.39, 0.29) is 23.9 Å². The number of carbonyl (C=O) groups is 1. The average Bonchev–Trinajstić information content (AvgIpc) is 2.94. The molecule has 0 unspecified atom stereocenters. The normalized spacial score (nSPS) is 24.0. The van der Waals surface area contributed by atoms with E-state index in [4.69, 9.17) is 14.2 Å². The fraction of sp³-hybridized carbons (Fsp3) is 0.912. The van der Waals surface area contributed by atoms with Crippen molar-refractivity contribution in [2.24, 2.45) is 0 Å². The predicted octanol–water partition coefficient (Wildman–Crippen LogP) is 10.0. The van der Waals surface area contributed by atoms with Crippen molar-refractivity contribution in [3.8, 4) is 0 Å². The molecule has 0 saturated heterocycles. The molecule has 0 heterocycles. The summed E-state index contributed by atoms with van der Waals surface area (Å²) in [4.78, 5) is 12.6. The first kappa shape index (κ1) is 32.6. The fourth-order valence-corrected chi connectivity index (χ4v) is 6.76. The van der Waals surface area contributed by atoms with E-state index in [0.29, 0.717) is 0 Å². The van der Waals surface area contributed by atoms with E-state index in [1.807, 2.05) is 0 Å². The number of aliphatic carboxylic acids is 1. The van der Waals surface area contributed by atoms with Crippen LogP contribution < -0.4 is 0 Å². The molecule has 3 aliphatic rings. The summed E-state index contributed by atoms with van der Waals surface area (Å²) in [6.45, 7) is 4.08. The van der Waals surface area contributed by atoms with Gasteiger partial charge in [-0.1, -0.05) is 141 Å². The number of carboxylic acids is 1. The van der Waals surface area contributed by atoms with Crippen molar-refractivity contribution >= 4 is 5.97 Å². The van der Waals surface area contributed by atoms with Crippen LogP contribution in [0.3, 0.4) is 0 Å². The van der Waals surface area contributed by atoms with Crippen LogP contribution in [0, 0.1) is 0 Å². The highest BCUT2D eigenvalue weighted by molar-refractivity contribution is 5.87. The Bertz CT molecular complexity index is 577. The SMILES string of the molecule is C=C(C(=O)O)C(OC1CCCCCCCCC1)(OC1CCCCCCCCC1)OC1CCCCCCCCC1. The second-order valence-electron chi connectivity index (χ2n) is 12.7. The van der Waals surface area contributed by atoms with Gasteiger partial charge in [0.25, 0.3) is 0 Å². The van der Waals surface area contributed by atoms with Gasteiger partial charge < -0.3 is 19.3 Å². The van der Waals surface area contributed by atoms with Gasteiger partial charge in [-0.2, -0.15) is 0 Å². The number of carboxylic acid groups (broad SMARTS) is 1. The highest BCUT2D eigenvalue weighted by Gasteiger charge is 2.47. The summed E-state index contributed by atoms with van der Waals surface area (Å²) >= 11 is 0. The van der Waals surface area contributed by atoms with Gasteiger partial charge in [-0.3, -0.25) is 0 Å². The Balaban J connectivity index is 1.87. The molecule has 3 aliphatic carbocycles. The molecule has 0 atom stereocenters. The molecule has 0 radical (unpaired) electrons. The van der Waals surface area contributed by atoms with Crippen LogP contribution in [0.25, 0.3) is 0 Å². The summed E-state index contributed by atoms with van der Waals surface area (Å²) in [7, 11) is 0. The second kappa shape index (κ2) is 19.3. The molecule has 0 aromatic rings. The largest absolute Gasteiger partial charge is 0.478 e. The molecule has 0 aromatic heterocycles. The standard InChI is InChI=1S/C34H60O5/c1-29(33(35)36)34(37-30-23-17-11-5-2-6-12-18-24-30,38-31-25-19-13-7-3-8-14-20-26-31)39-32-27-21-15-9-4-10-16-22-28-32/h30-32H,1-28H2,(H,35,36). The molecule has 0 aromatic carbocycles. The summed E-state index contributed by atoms with van der Waals surface area (Å²) in [5.74, 6) is -2.78. The van der Waals surface area contributed by atoms with Crippen LogP contribution in [0.2, 0.25) is 0 Å². The Morgan fingerprint density at radius 3 is 0.872 bits per heavy atom. The van der Waals surface area contributed by atoms with Crippen molar-refractivity contribution in [2.75, 3.05) is 0 Å². The molecule has 0 aliphatic heterocycles. The van der Waals surface area contributed by atoms with Gasteiger partial charge >= 0.3 is 11.9 Å². The van der Waals surface area contributed by atoms with Crippen LogP contribution in [0.15, 0.2) is 12.2 Å². The fourth-order valence-electron chi connectivity index (χ4n) is 6.76. The third kappa shape index (κ3) is 12.6. The highest BCUT2D eigenvalue weighted by atomic mass is 16.9. The van der Waals surface area contributed by atoms with E-state index in [0.717, 1.165) is 77.0 Å². The zero-order valence-electron chi connectivity index (χ0n) is 25.1. The van der Waals surface area contributed by atoms with Crippen LogP contribution in [0.5, 0.6) is 0 Å². The van der Waals surface area contributed by atoms with E-state index < -0.39 is 11.9 Å². The van der Waals surface area contributed by atoms with E-state index in [1.165, 1.54) is 96.3 Å². The van der Waals surface area contributed by atoms with Crippen molar-refractivity contribution in [1.82, 2.24) is 0 Å². The van der Waals surface area contributed by atoms with E-state index >= 15 is 0 Å². The first-order chi connectivity index (χ1) is 19.1. The van der Waals surface area contributed by atoms with E-state index in [9.17, 15) is 9.90 Å². The summed E-state index contributed by atoms with van der Waals surface area (Å²) in [5, 5.41) is 10.3. The summed E-state index contributed by atoms with van der Waals surface area (Å²) in [6, 6.07) is 0. The van der Waals surface area contributed by atoms with Crippen molar-refractivity contribution in [3.05, 3.63) is 12.2 Å². The Morgan fingerprint density at radius 2 is 0.667 bits per heavy atom. The molecule has 3 fully saturated rings. The highest BCUT2D eigenvalue weighted by Crippen LogP contribution is 2.37. The molecule has 5 heteroatoms. The number of ether oxygens (including phenoxy) is 3. The maximum absolute atomic E-state index is 12.6. The van der Waals surface area contributed by atoms with Crippen molar-refractivity contribution < 1.29 is 24.1 Å². The Labute approximate surface area is 239 Å². The van der Waals surface area contributed by atoms with Gasteiger partial charge in [-0.05, 0) is 38.5 Å². The maximum atomic E-state index is 12.6. The predicted molar refractivity (Wildman–Crippen MR) is 159 cm³/mol. The number of hydrogen-bond acceptors (Lipinski definition) is 4. The lowest BCUT2D eigenvalue weighted by molar-refractivity contribution is -0.397. The second-order valence-corrected chi connectivity index (χ2v) is 12.7. The van der Waals surface area contributed by atoms with Crippen LogP contribution >= 0.6 is 0 Å². The molecule has 226 valence electrons. The van der Waals surface area contributed by atoms with E-state index in [1.54, 1.807) is 0 Å². The van der Waals surface area contributed by atoms with Crippen LogP contribution in [0.1, 0.15) is 173 Å². The quantitative estimate of drug-likeness (QED) is 0.241. The molecule has 0 spiro atoms. The van der Waals surface area contributed by atoms with Gasteiger partial charge in [0.15, 0.2) is 0 Å². The van der Waals surface area contributed by atoms with Gasteiger partial charge in [-0.15, -0.1) is 0 Å². The van der Waals surface area contributed by atoms with Gasteiger partial charge in [0.05, 0.1) is 18.3 Å². The minimum atomic E-state index is -1.70. The summed E-state index contributed by atoms with van der Waals surface area (Å²) < 4.78 is 20.6.